The number of anilines is 2. The largest absolute Gasteiger partial charge is 0.380 e. The molecule has 0 saturated carbocycles. The normalized spacial score (nSPS) is 10.5. The molecular formula is C17H20Cl2N2. The van der Waals surface area contributed by atoms with Crippen LogP contribution in [0.15, 0.2) is 42.5 Å². The van der Waals surface area contributed by atoms with Gasteiger partial charge in [-0.3, -0.25) is 0 Å². The first kappa shape index (κ1) is 16.0. The second-order valence-electron chi connectivity index (χ2n) is 4.79. The summed E-state index contributed by atoms with van der Waals surface area (Å²) in [5.41, 5.74) is 3.32. The van der Waals surface area contributed by atoms with Crippen molar-refractivity contribution in [1.82, 2.24) is 0 Å². The van der Waals surface area contributed by atoms with Gasteiger partial charge in [-0.2, -0.15) is 0 Å². The summed E-state index contributed by atoms with van der Waals surface area (Å²) < 4.78 is 0. The van der Waals surface area contributed by atoms with Crippen LogP contribution in [-0.2, 0) is 6.54 Å². The number of benzene rings is 2. The molecule has 0 spiro atoms. The minimum Gasteiger partial charge on any atom is -0.380 e. The quantitative estimate of drug-likeness (QED) is 0.760. The first-order chi connectivity index (χ1) is 10.2. The van der Waals surface area contributed by atoms with Crippen LogP contribution in [0, 0.1) is 0 Å². The van der Waals surface area contributed by atoms with E-state index in [1.165, 1.54) is 11.3 Å². The Morgan fingerprint density at radius 3 is 2.24 bits per heavy atom. The van der Waals surface area contributed by atoms with Gasteiger partial charge < -0.3 is 10.2 Å². The number of rotatable bonds is 6. The van der Waals surface area contributed by atoms with Gasteiger partial charge in [0.15, 0.2) is 0 Å². The topological polar surface area (TPSA) is 15.3 Å². The molecule has 2 rings (SSSR count). The van der Waals surface area contributed by atoms with E-state index in [1.54, 1.807) is 6.07 Å². The van der Waals surface area contributed by atoms with Crippen molar-refractivity contribution in [3.63, 3.8) is 0 Å². The van der Waals surface area contributed by atoms with E-state index in [0.29, 0.717) is 10.0 Å². The van der Waals surface area contributed by atoms with E-state index in [-0.39, 0.29) is 0 Å². The third kappa shape index (κ3) is 4.05. The summed E-state index contributed by atoms with van der Waals surface area (Å²) in [4.78, 5) is 2.32. The zero-order chi connectivity index (χ0) is 15.2. The van der Waals surface area contributed by atoms with E-state index in [2.05, 4.69) is 48.3 Å². The summed E-state index contributed by atoms with van der Waals surface area (Å²) in [7, 11) is 0. The molecular weight excluding hydrogens is 303 g/mol. The molecule has 0 aliphatic heterocycles. The van der Waals surface area contributed by atoms with Crippen LogP contribution in [0.4, 0.5) is 11.4 Å². The summed E-state index contributed by atoms with van der Waals surface area (Å²) in [5.74, 6) is 0. The minimum atomic E-state index is 0.568. The molecule has 0 saturated heterocycles. The van der Waals surface area contributed by atoms with Crippen molar-refractivity contribution >= 4 is 34.6 Å². The SMILES string of the molecule is CCN(CC)c1ccc(CNc2cccc(Cl)c2Cl)cc1. The van der Waals surface area contributed by atoms with Gasteiger partial charge in [0.2, 0.25) is 0 Å². The molecule has 2 nitrogen and oxygen atoms in total. The Balaban J connectivity index is 2.02. The van der Waals surface area contributed by atoms with Gasteiger partial charge in [-0.15, -0.1) is 0 Å². The van der Waals surface area contributed by atoms with Crippen LogP contribution in [0.1, 0.15) is 19.4 Å². The first-order valence-corrected chi connectivity index (χ1v) is 7.93. The van der Waals surface area contributed by atoms with Crippen LogP contribution in [0.25, 0.3) is 0 Å². The second kappa shape index (κ2) is 7.58. The van der Waals surface area contributed by atoms with Crippen molar-refractivity contribution in [1.29, 1.82) is 0 Å². The molecule has 0 bridgehead atoms. The summed E-state index contributed by atoms with van der Waals surface area (Å²) in [6.07, 6.45) is 0. The lowest BCUT2D eigenvalue weighted by atomic mass is 10.2. The van der Waals surface area contributed by atoms with Crippen LogP contribution in [0.2, 0.25) is 10.0 Å². The molecule has 0 unspecified atom stereocenters. The average Bonchev–Trinajstić information content (AvgIpc) is 2.51. The summed E-state index contributed by atoms with van der Waals surface area (Å²) >= 11 is 12.2. The average molecular weight is 323 g/mol. The molecule has 112 valence electrons. The molecule has 0 atom stereocenters. The van der Waals surface area contributed by atoms with Crippen LogP contribution in [-0.4, -0.2) is 13.1 Å². The summed E-state index contributed by atoms with van der Waals surface area (Å²) in [6, 6.07) is 14.2. The fourth-order valence-corrected chi connectivity index (χ4v) is 2.62. The zero-order valence-corrected chi connectivity index (χ0v) is 13.9. The van der Waals surface area contributed by atoms with Gasteiger partial charge >= 0.3 is 0 Å². The Bertz CT molecular complexity index is 578. The molecule has 2 aromatic carbocycles. The smallest absolute Gasteiger partial charge is 0.0823 e. The molecule has 1 N–H and O–H groups in total. The van der Waals surface area contributed by atoms with Crippen molar-refractivity contribution in [3.05, 3.63) is 58.1 Å². The number of hydrogen-bond donors (Lipinski definition) is 1. The molecule has 0 amide bonds. The lowest BCUT2D eigenvalue weighted by Gasteiger charge is -2.21. The van der Waals surface area contributed by atoms with Crippen LogP contribution >= 0.6 is 23.2 Å². The summed E-state index contributed by atoms with van der Waals surface area (Å²) in [6.45, 7) is 7.09. The lowest BCUT2D eigenvalue weighted by molar-refractivity contribution is 0.865. The fourth-order valence-electron chi connectivity index (χ4n) is 2.25. The number of nitrogens with one attached hydrogen (secondary N) is 1. The highest BCUT2D eigenvalue weighted by Gasteiger charge is 2.04. The Morgan fingerprint density at radius 2 is 1.62 bits per heavy atom. The first-order valence-electron chi connectivity index (χ1n) is 7.17. The van der Waals surface area contributed by atoms with E-state index >= 15 is 0 Å². The molecule has 21 heavy (non-hydrogen) atoms. The highest BCUT2D eigenvalue weighted by molar-refractivity contribution is 6.43. The van der Waals surface area contributed by atoms with Gasteiger partial charge in [0, 0.05) is 25.3 Å². The van der Waals surface area contributed by atoms with E-state index in [4.69, 9.17) is 23.2 Å². The standard InChI is InChI=1S/C17H20Cl2N2/c1-3-21(4-2)14-10-8-13(9-11-14)12-20-16-7-5-6-15(18)17(16)19/h5-11,20H,3-4,12H2,1-2H3. The molecule has 0 aliphatic rings. The molecule has 2 aromatic rings. The van der Waals surface area contributed by atoms with Crippen molar-refractivity contribution in [2.45, 2.75) is 20.4 Å². The van der Waals surface area contributed by atoms with Crippen molar-refractivity contribution in [2.24, 2.45) is 0 Å². The predicted octanol–water partition coefficient (Wildman–Crippen LogP) is 5.45. The summed E-state index contributed by atoms with van der Waals surface area (Å²) in [5, 5.41) is 4.45. The van der Waals surface area contributed by atoms with E-state index in [0.717, 1.165) is 25.3 Å². The maximum absolute atomic E-state index is 6.16. The van der Waals surface area contributed by atoms with Crippen molar-refractivity contribution < 1.29 is 0 Å². The van der Waals surface area contributed by atoms with Crippen molar-refractivity contribution in [3.8, 4) is 0 Å². The Hall–Kier alpha value is -1.38. The minimum absolute atomic E-state index is 0.568. The molecule has 0 fully saturated rings. The van der Waals surface area contributed by atoms with Gasteiger partial charge in [-0.1, -0.05) is 41.4 Å². The zero-order valence-electron chi connectivity index (χ0n) is 12.4. The predicted molar refractivity (Wildman–Crippen MR) is 93.8 cm³/mol. The van der Waals surface area contributed by atoms with Crippen LogP contribution in [0.3, 0.4) is 0 Å². The molecule has 0 radical (unpaired) electrons. The van der Waals surface area contributed by atoms with Gasteiger partial charge in [0.1, 0.15) is 0 Å². The van der Waals surface area contributed by atoms with E-state index in [9.17, 15) is 0 Å². The number of nitrogens with zero attached hydrogens (tertiary/aromatic N) is 1. The fraction of sp³-hybridized carbons (Fsp3) is 0.294. The lowest BCUT2D eigenvalue weighted by Crippen LogP contribution is -2.21. The van der Waals surface area contributed by atoms with Gasteiger partial charge in [0.05, 0.1) is 15.7 Å². The van der Waals surface area contributed by atoms with E-state index in [1.807, 2.05) is 12.1 Å². The van der Waals surface area contributed by atoms with Gasteiger partial charge in [-0.25, -0.2) is 0 Å². The monoisotopic (exact) mass is 322 g/mol. The van der Waals surface area contributed by atoms with Crippen LogP contribution in [0.5, 0.6) is 0 Å². The Kier molecular flexibility index (Phi) is 5.77. The molecule has 4 heteroatoms. The van der Waals surface area contributed by atoms with E-state index < -0.39 is 0 Å². The highest BCUT2D eigenvalue weighted by atomic mass is 35.5. The Labute approximate surface area is 136 Å². The number of hydrogen-bond acceptors (Lipinski definition) is 2. The maximum Gasteiger partial charge on any atom is 0.0823 e. The molecule has 0 aromatic heterocycles. The number of halogens is 2. The second-order valence-corrected chi connectivity index (χ2v) is 5.58. The highest BCUT2D eigenvalue weighted by Crippen LogP contribution is 2.29. The molecule has 0 heterocycles. The Morgan fingerprint density at radius 1 is 0.952 bits per heavy atom. The maximum atomic E-state index is 6.16. The van der Waals surface area contributed by atoms with Gasteiger partial charge in [0.25, 0.3) is 0 Å². The third-order valence-corrected chi connectivity index (χ3v) is 4.32. The molecule has 0 aliphatic carbocycles. The van der Waals surface area contributed by atoms with Gasteiger partial charge in [-0.05, 0) is 43.7 Å². The van der Waals surface area contributed by atoms with Crippen LogP contribution < -0.4 is 10.2 Å². The third-order valence-electron chi connectivity index (χ3n) is 3.50. The van der Waals surface area contributed by atoms with Crippen molar-refractivity contribution in [2.75, 3.05) is 23.3 Å².